The van der Waals surface area contributed by atoms with Gasteiger partial charge >= 0.3 is 5.97 Å². The molecule has 0 fully saturated rings. The van der Waals surface area contributed by atoms with E-state index in [0.29, 0.717) is 5.56 Å². The highest BCUT2D eigenvalue weighted by Crippen LogP contribution is 2.19. The van der Waals surface area contributed by atoms with Gasteiger partial charge in [-0.3, -0.25) is 9.59 Å². The van der Waals surface area contributed by atoms with Gasteiger partial charge in [-0.05, 0) is 6.07 Å². The molecule has 5 heteroatoms. The summed E-state index contributed by atoms with van der Waals surface area (Å²) in [6.45, 7) is -0.451. The number of amides is 1. The van der Waals surface area contributed by atoms with Gasteiger partial charge in [-0.1, -0.05) is 24.1 Å². The molecule has 2 aromatic rings. The lowest BCUT2D eigenvalue weighted by Gasteiger charge is -2.17. The van der Waals surface area contributed by atoms with Crippen LogP contribution in [0, 0.1) is 12.3 Å². The van der Waals surface area contributed by atoms with E-state index in [1.165, 1.54) is 0 Å². The van der Waals surface area contributed by atoms with Crippen molar-refractivity contribution in [1.82, 2.24) is 9.88 Å². The Balaban J connectivity index is 2.36. The molecule has 2 rings (SSSR count). The summed E-state index contributed by atoms with van der Waals surface area (Å²) >= 11 is 0. The van der Waals surface area contributed by atoms with E-state index in [-0.39, 0.29) is 6.54 Å². The Hall–Kier alpha value is -2.74. The molecule has 0 atom stereocenters. The zero-order chi connectivity index (χ0) is 13.8. The topological polar surface area (TPSA) is 73.4 Å². The molecule has 0 bridgehead atoms. The second kappa shape index (κ2) is 5.27. The van der Waals surface area contributed by atoms with E-state index in [9.17, 15) is 9.59 Å². The van der Waals surface area contributed by atoms with Crippen LogP contribution in [0.15, 0.2) is 30.5 Å². The molecule has 0 saturated carbocycles. The first-order chi connectivity index (χ1) is 9.13. The Bertz CT molecular complexity index is 667. The van der Waals surface area contributed by atoms with Crippen molar-refractivity contribution in [3.63, 3.8) is 0 Å². The minimum absolute atomic E-state index is 0.0371. The number of carbonyl (C=O) groups excluding carboxylic acids is 1. The number of carbonyl (C=O) groups is 2. The van der Waals surface area contributed by atoms with Crippen LogP contribution in [-0.4, -0.2) is 40.0 Å². The van der Waals surface area contributed by atoms with Gasteiger partial charge in [0.05, 0.1) is 12.1 Å². The minimum Gasteiger partial charge on any atom is -0.480 e. The SMILES string of the molecule is C#CCN(CC(=O)O)C(=O)c1c[nH]c2ccccc12. The van der Waals surface area contributed by atoms with Crippen molar-refractivity contribution in [3.05, 3.63) is 36.0 Å². The number of carboxylic acid groups (broad SMARTS) is 1. The molecule has 0 radical (unpaired) electrons. The Morgan fingerprint density at radius 1 is 1.37 bits per heavy atom. The van der Waals surface area contributed by atoms with Crippen LogP contribution in [0.1, 0.15) is 10.4 Å². The number of aromatic amines is 1. The fourth-order valence-corrected chi connectivity index (χ4v) is 1.89. The van der Waals surface area contributed by atoms with Crippen molar-refractivity contribution in [3.8, 4) is 12.3 Å². The van der Waals surface area contributed by atoms with Gasteiger partial charge in [0.2, 0.25) is 0 Å². The number of H-pyrrole nitrogens is 1. The number of rotatable bonds is 4. The van der Waals surface area contributed by atoms with Crippen LogP contribution in [0.4, 0.5) is 0 Å². The standard InChI is InChI=1S/C14H12N2O3/c1-2-7-16(9-13(17)18)14(19)11-8-15-12-6-4-3-5-10(11)12/h1,3-6,8,15H,7,9H2,(H,17,18). The molecule has 2 N–H and O–H groups in total. The monoisotopic (exact) mass is 256 g/mol. The number of benzene rings is 1. The molecule has 0 aliphatic rings. The number of carboxylic acids is 1. The number of nitrogens with one attached hydrogen (secondary N) is 1. The predicted octanol–water partition coefficient (Wildman–Crippen LogP) is 1.33. The third-order valence-corrected chi connectivity index (χ3v) is 2.72. The molecule has 0 aliphatic heterocycles. The summed E-state index contributed by atoms with van der Waals surface area (Å²) in [5, 5.41) is 9.55. The number of aromatic nitrogens is 1. The van der Waals surface area contributed by atoms with Crippen LogP contribution in [0.3, 0.4) is 0 Å². The largest absolute Gasteiger partial charge is 0.480 e. The van der Waals surface area contributed by atoms with Crippen molar-refractivity contribution in [2.45, 2.75) is 0 Å². The first-order valence-electron chi connectivity index (χ1n) is 5.64. The number of para-hydroxylation sites is 1. The van der Waals surface area contributed by atoms with Gasteiger partial charge in [0.15, 0.2) is 0 Å². The molecule has 5 nitrogen and oxygen atoms in total. The fourth-order valence-electron chi connectivity index (χ4n) is 1.89. The van der Waals surface area contributed by atoms with E-state index in [1.807, 2.05) is 18.2 Å². The highest BCUT2D eigenvalue weighted by Gasteiger charge is 2.20. The lowest BCUT2D eigenvalue weighted by atomic mass is 10.1. The van der Waals surface area contributed by atoms with Crippen molar-refractivity contribution in [1.29, 1.82) is 0 Å². The molecule has 1 heterocycles. The average molecular weight is 256 g/mol. The predicted molar refractivity (Wildman–Crippen MR) is 70.7 cm³/mol. The number of fused-ring (bicyclic) bond motifs is 1. The minimum atomic E-state index is -1.09. The summed E-state index contributed by atoms with van der Waals surface area (Å²) in [5.41, 5.74) is 1.24. The second-order valence-corrected chi connectivity index (χ2v) is 4.01. The van der Waals surface area contributed by atoms with E-state index in [4.69, 9.17) is 11.5 Å². The van der Waals surface area contributed by atoms with Crippen LogP contribution < -0.4 is 0 Å². The van der Waals surface area contributed by atoms with Crippen molar-refractivity contribution in [2.75, 3.05) is 13.1 Å². The fraction of sp³-hybridized carbons (Fsp3) is 0.143. The number of hydrogen-bond acceptors (Lipinski definition) is 2. The summed E-state index contributed by atoms with van der Waals surface area (Å²) < 4.78 is 0. The van der Waals surface area contributed by atoms with Crippen molar-refractivity contribution >= 4 is 22.8 Å². The van der Waals surface area contributed by atoms with Gasteiger partial charge < -0.3 is 15.0 Å². The molecule has 1 aromatic heterocycles. The summed E-state index contributed by atoms with van der Waals surface area (Å²) in [6.07, 6.45) is 6.73. The lowest BCUT2D eigenvalue weighted by Crippen LogP contribution is -2.35. The van der Waals surface area contributed by atoms with Crippen molar-refractivity contribution in [2.24, 2.45) is 0 Å². The summed E-state index contributed by atoms with van der Waals surface area (Å²) in [7, 11) is 0. The smallest absolute Gasteiger partial charge is 0.323 e. The maximum atomic E-state index is 12.3. The highest BCUT2D eigenvalue weighted by atomic mass is 16.4. The van der Waals surface area contributed by atoms with Gasteiger partial charge in [0.25, 0.3) is 5.91 Å². The third-order valence-electron chi connectivity index (χ3n) is 2.72. The van der Waals surface area contributed by atoms with Gasteiger partial charge in [0.1, 0.15) is 6.54 Å². The highest BCUT2D eigenvalue weighted by molar-refractivity contribution is 6.07. The third kappa shape index (κ3) is 2.58. The van der Waals surface area contributed by atoms with Crippen LogP contribution >= 0.6 is 0 Å². The summed E-state index contributed by atoms with van der Waals surface area (Å²) in [4.78, 5) is 27.1. The van der Waals surface area contributed by atoms with E-state index in [0.717, 1.165) is 15.8 Å². The number of hydrogen-bond donors (Lipinski definition) is 2. The molecule has 0 spiro atoms. The molecular formula is C14H12N2O3. The van der Waals surface area contributed by atoms with E-state index >= 15 is 0 Å². The molecule has 1 amide bonds. The molecular weight excluding hydrogens is 244 g/mol. The Labute approximate surface area is 109 Å². The first-order valence-corrected chi connectivity index (χ1v) is 5.64. The average Bonchev–Trinajstić information content (AvgIpc) is 2.80. The molecule has 0 saturated heterocycles. The molecule has 19 heavy (non-hydrogen) atoms. The van der Waals surface area contributed by atoms with Gasteiger partial charge in [-0.15, -0.1) is 6.42 Å². The van der Waals surface area contributed by atoms with E-state index in [2.05, 4.69) is 10.9 Å². The van der Waals surface area contributed by atoms with Gasteiger partial charge in [0, 0.05) is 17.1 Å². The van der Waals surface area contributed by atoms with E-state index < -0.39 is 18.4 Å². The molecule has 0 unspecified atom stereocenters. The summed E-state index contributed by atoms with van der Waals surface area (Å²) in [5.74, 6) is 0.811. The zero-order valence-corrected chi connectivity index (χ0v) is 10.1. The van der Waals surface area contributed by atoms with E-state index in [1.54, 1.807) is 12.3 Å². The maximum Gasteiger partial charge on any atom is 0.323 e. The van der Waals surface area contributed by atoms with Crippen LogP contribution in [0.25, 0.3) is 10.9 Å². The lowest BCUT2D eigenvalue weighted by molar-refractivity contribution is -0.137. The van der Waals surface area contributed by atoms with Crippen LogP contribution in [0.2, 0.25) is 0 Å². The second-order valence-electron chi connectivity index (χ2n) is 4.01. The number of aliphatic carboxylic acids is 1. The van der Waals surface area contributed by atoms with Gasteiger partial charge in [-0.2, -0.15) is 0 Å². The molecule has 96 valence electrons. The molecule has 0 aliphatic carbocycles. The first kappa shape index (κ1) is 12.7. The summed E-state index contributed by atoms with van der Waals surface area (Å²) in [6, 6.07) is 7.31. The normalized spacial score (nSPS) is 10.1. The van der Waals surface area contributed by atoms with Crippen LogP contribution in [0.5, 0.6) is 0 Å². The number of nitrogens with zero attached hydrogens (tertiary/aromatic N) is 1. The van der Waals surface area contributed by atoms with Crippen LogP contribution in [-0.2, 0) is 4.79 Å². The Kier molecular flexibility index (Phi) is 3.53. The van der Waals surface area contributed by atoms with Gasteiger partial charge in [-0.25, -0.2) is 0 Å². The Morgan fingerprint density at radius 3 is 2.79 bits per heavy atom. The molecule has 1 aromatic carbocycles. The Morgan fingerprint density at radius 2 is 2.11 bits per heavy atom. The zero-order valence-electron chi connectivity index (χ0n) is 10.1. The van der Waals surface area contributed by atoms with Crippen molar-refractivity contribution < 1.29 is 14.7 Å². The number of terminal acetylenes is 1. The quantitative estimate of drug-likeness (QED) is 0.810. The maximum absolute atomic E-state index is 12.3.